The fourth-order valence-electron chi connectivity index (χ4n) is 1.11. The van der Waals surface area contributed by atoms with Crippen molar-refractivity contribution in [3.8, 4) is 5.75 Å². The highest BCUT2D eigenvalue weighted by atomic mass is 16.5. The van der Waals surface area contributed by atoms with Gasteiger partial charge in [0, 0.05) is 18.9 Å². The van der Waals surface area contributed by atoms with Gasteiger partial charge in [-0.2, -0.15) is 0 Å². The van der Waals surface area contributed by atoms with Gasteiger partial charge in [0.1, 0.15) is 5.75 Å². The molecule has 0 saturated carbocycles. The van der Waals surface area contributed by atoms with Crippen molar-refractivity contribution in [1.82, 2.24) is 0 Å². The number of anilines is 1. The lowest BCUT2D eigenvalue weighted by Crippen LogP contribution is -1.84. The second kappa shape index (κ2) is 6.27. The largest absolute Gasteiger partial charge is 0.497 e. The zero-order valence-corrected chi connectivity index (χ0v) is 8.53. The summed E-state index contributed by atoms with van der Waals surface area (Å²) in [5, 5.41) is 0. The zero-order valence-electron chi connectivity index (χ0n) is 8.53. The molecule has 0 aliphatic carbocycles. The fraction of sp³-hybridized carbons (Fsp3) is 0.455. The van der Waals surface area contributed by atoms with E-state index in [4.69, 9.17) is 15.2 Å². The van der Waals surface area contributed by atoms with Crippen molar-refractivity contribution in [1.29, 1.82) is 0 Å². The standard InChI is InChI=1S/C7H9NO.C4H8O/c1-9-7-4-2-6(8)3-5-7;1-2-4-5-3-1/h2-5H,8H2,1H3;1-4H2. The third kappa shape index (κ3) is 4.14. The Bertz CT molecular complexity index is 234. The molecule has 2 rings (SSSR count). The maximum absolute atomic E-state index is 5.43. The molecule has 0 atom stereocenters. The molecule has 14 heavy (non-hydrogen) atoms. The molecule has 0 spiro atoms. The Morgan fingerprint density at radius 2 is 1.71 bits per heavy atom. The summed E-state index contributed by atoms with van der Waals surface area (Å²) in [6.07, 6.45) is 2.56. The van der Waals surface area contributed by atoms with Gasteiger partial charge in [-0.05, 0) is 37.1 Å². The predicted octanol–water partition coefficient (Wildman–Crippen LogP) is 2.07. The van der Waals surface area contributed by atoms with E-state index in [9.17, 15) is 0 Å². The van der Waals surface area contributed by atoms with E-state index < -0.39 is 0 Å². The van der Waals surface area contributed by atoms with Crippen molar-refractivity contribution in [3.63, 3.8) is 0 Å². The van der Waals surface area contributed by atoms with Crippen molar-refractivity contribution in [2.24, 2.45) is 0 Å². The minimum absolute atomic E-state index is 0.760. The Hall–Kier alpha value is -1.22. The highest BCUT2D eigenvalue weighted by Gasteiger charge is 1.94. The first-order chi connectivity index (χ1) is 6.83. The van der Waals surface area contributed by atoms with E-state index in [0.717, 1.165) is 24.7 Å². The van der Waals surface area contributed by atoms with Crippen LogP contribution in [0, 0.1) is 0 Å². The number of nitrogens with two attached hydrogens (primary N) is 1. The lowest BCUT2D eigenvalue weighted by atomic mass is 10.3. The third-order valence-corrected chi connectivity index (χ3v) is 1.94. The molecule has 1 heterocycles. The number of methoxy groups -OCH3 is 1. The normalized spacial score (nSPS) is 14.4. The molecule has 0 aromatic heterocycles. The first kappa shape index (κ1) is 10.9. The molecule has 0 radical (unpaired) electrons. The van der Waals surface area contributed by atoms with E-state index >= 15 is 0 Å². The molecule has 0 bridgehead atoms. The molecule has 1 fully saturated rings. The molecular weight excluding hydrogens is 178 g/mol. The van der Waals surface area contributed by atoms with Crippen LogP contribution in [-0.2, 0) is 4.74 Å². The van der Waals surface area contributed by atoms with Crippen molar-refractivity contribution in [2.45, 2.75) is 12.8 Å². The summed E-state index contributed by atoms with van der Waals surface area (Å²) < 4.78 is 9.86. The Kier molecular flexibility index (Phi) is 4.86. The monoisotopic (exact) mass is 195 g/mol. The van der Waals surface area contributed by atoms with E-state index in [0.29, 0.717) is 0 Å². The Balaban J connectivity index is 0.000000165. The van der Waals surface area contributed by atoms with Crippen LogP contribution in [0.25, 0.3) is 0 Å². The maximum Gasteiger partial charge on any atom is 0.119 e. The topological polar surface area (TPSA) is 44.5 Å². The van der Waals surface area contributed by atoms with E-state index in [1.165, 1.54) is 12.8 Å². The highest BCUT2D eigenvalue weighted by molar-refractivity contribution is 5.41. The van der Waals surface area contributed by atoms with Gasteiger partial charge in [-0.25, -0.2) is 0 Å². The van der Waals surface area contributed by atoms with Crippen LogP contribution in [0.3, 0.4) is 0 Å². The Morgan fingerprint density at radius 3 is 2.07 bits per heavy atom. The quantitative estimate of drug-likeness (QED) is 0.698. The van der Waals surface area contributed by atoms with Crippen molar-refractivity contribution >= 4 is 5.69 Å². The van der Waals surface area contributed by atoms with Crippen LogP contribution in [-0.4, -0.2) is 20.3 Å². The van der Waals surface area contributed by atoms with Gasteiger partial charge < -0.3 is 15.2 Å². The van der Waals surface area contributed by atoms with Crippen LogP contribution in [0.15, 0.2) is 24.3 Å². The number of nitrogen functional groups attached to an aromatic ring is 1. The lowest BCUT2D eigenvalue weighted by molar-refractivity contribution is 0.198. The number of hydrogen-bond acceptors (Lipinski definition) is 3. The minimum atomic E-state index is 0.760. The zero-order chi connectivity index (χ0) is 10.2. The molecule has 1 saturated heterocycles. The average Bonchev–Trinajstić information content (AvgIpc) is 2.77. The summed E-state index contributed by atoms with van der Waals surface area (Å²) in [6, 6.07) is 7.27. The molecule has 0 amide bonds. The average molecular weight is 195 g/mol. The summed E-state index contributed by atoms with van der Waals surface area (Å²) in [7, 11) is 1.63. The minimum Gasteiger partial charge on any atom is -0.497 e. The van der Waals surface area contributed by atoms with Gasteiger partial charge >= 0.3 is 0 Å². The maximum atomic E-state index is 5.43. The summed E-state index contributed by atoms with van der Waals surface area (Å²) in [6.45, 7) is 2.00. The second-order valence-corrected chi connectivity index (χ2v) is 3.09. The number of hydrogen-bond donors (Lipinski definition) is 1. The molecule has 3 nitrogen and oxygen atoms in total. The van der Waals surface area contributed by atoms with Crippen LogP contribution in [0.5, 0.6) is 5.75 Å². The SMILES string of the molecule is C1CCOC1.COc1ccc(N)cc1. The predicted molar refractivity (Wildman–Crippen MR) is 57.5 cm³/mol. The Morgan fingerprint density at radius 1 is 1.14 bits per heavy atom. The molecule has 1 aromatic carbocycles. The molecule has 78 valence electrons. The number of benzene rings is 1. The van der Waals surface area contributed by atoms with E-state index in [-0.39, 0.29) is 0 Å². The van der Waals surface area contributed by atoms with Gasteiger partial charge in [0.15, 0.2) is 0 Å². The van der Waals surface area contributed by atoms with E-state index in [1.54, 1.807) is 19.2 Å². The number of ether oxygens (including phenoxy) is 2. The fourth-order valence-corrected chi connectivity index (χ4v) is 1.11. The van der Waals surface area contributed by atoms with Crippen LogP contribution in [0.2, 0.25) is 0 Å². The Labute approximate surface area is 84.8 Å². The molecule has 1 aromatic rings. The van der Waals surface area contributed by atoms with E-state index in [2.05, 4.69) is 0 Å². The van der Waals surface area contributed by atoms with E-state index in [1.807, 2.05) is 12.1 Å². The first-order valence-corrected chi connectivity index (χ1v) is 4.80. The van der Waals surface area contributed by atoms with Gasteiger partial charge in [-0.1, -0.05) is 0 Å². The summed E-state index contributed by atoms with van der Waals surface area (Å²) in [5.41, 5.74) is 6.19. The van der Waals surface area contributed by atoms with Crippen molar-refractivity contribution < 1.29 is 9.47 Å². The van der Waals surface area contributed by atoms with Gasteiger partial charge in [0.05, 0.1) is 7.11 Å². The molecule has 1 aliphatic rings. The molecule has 0 unspecified atom stereocenters. The molecular formula is C11H17NO2. The van der Waals surface area contributed by atoms with Crippen LogP contribution < -0.4 is 10.5 Å². The van der Waals surface area contributed by atoms with Gasteiger partial charge in [-0.3, -0.25) is 0 Å². The number of rotatable bonds is 1. The summed E-state index contributed by atoms with van der Waals surface area (Å²) in [4.78, 5) is 0. The van der Waals surface area contributed by atoms with Gasteiger partial charge in [0.25, 0.3) is 0 Å². The van der Waals surface area contributed by atoms with Crippen LogP contribution in [0.4, 0.5) is 5.69 Å². The third-order valence-electron chi connectivity index (χ3n) is 1.94. The molecule has 1 aliphatic heterocycles. The smallest absolute Gasteiger partial charge is 0.119 e. The van der Waals surface area contributed by atoms with Crippen molar-refractivity contribution in [3.05, 3.63) is 24.3 Å². The van der Waals surface area contributed by atoms with Crippen LogP contribution in [0.1, 0.15) is 12.8 Å². The summed E-state index contributed by atoms with van der Waals surface area (Å²) in [5.74, 6) is 0.837. The summed E-state index contributed by atoms with van der Waals surface area (Å²) >= 11 is 0. The second-order valence-electron chi connectivity index (χ2n) is 3.09. The molecule has 3 heteroatoms. The van der Waals surface area contributed by atoms with Gasteiger partial charge in [0.2, 0.25) is 0 Å². The first-order valence-electron chi connectivity index (χ1n) is 4.80. The lowest BCUT2D eigenvalue weighted by Gasteiger charge is -1.97. The molecule has 2 N–H and O–H groups in total. The highest BCUT2D eigenvalue weighted by Crippen LogP contribution is 2.11. The van der Waals surface area contributed by atoms with Gasteiger partial charge in [-0.15, -0.1) is 0 Å². The van der Waals surface area contributed by atoms with Crippen LogP contribution >= 0.6 is 0 Å². The van der Waals surface area contributed by atoms with Crippen molar-refractivity contribution in [2.75, 3.05) is 26.1 Å².